The summed E-state index contributed by atoms with van der Waals surface area (Å²) in [6.07, 6.45) is 4.88. The summed E-state index contributed by atoms with van der Waals surface area (Å²) in [4.78, 5) is 11.2. The van der Waals surface area contributed by atoms with Crippen LogP contribution in [0.1, 0.15) is 41.7 Å². The molecule has 1 aromatic heterocycles. The molecule has 0 radical (unpaired) electrons. The largest absolute Gasteiger partial charge is 0.298 e. The third-order valence-electron chi connectivity index (χ3n) is 3.99. The Bertz CT molecular complexity index is 658. The quantitative estimate of drug-likeness (QED) is 0.794. The van der Waals surface area contributed by atoms with E-state index in [2.05, 4.69) is 12.0 Å². The molecule has 0 saturated heterocycles. The predicted molar refractivity (Wildman–Crippen MR) is 75.2 cm³/mol. The average Bonchev–Trinajstić information content (AvgIpc) is 3.20. The maximum absolute atomic E-state index is 14.0. The van der Waals surface area contributed by atoms with E-state index in [4.69, 9.17) is 0 Å². The molecule has 1 aromatic carbocycles. The summed E-state index contributed by atoms with van der Waals surface area (Å²) in [6, 6.07) is 5.12. The van der Waals surface area contributed by atoms with Crippen molar-refractivity contribution in [2.45, 2.75) is 32.7 Å². The van der Waals surface area contributed by atoms with Gasteiger partial charge in [0, 0.05) is 11.8 Å². The number of aromatic nitrogens is 2. The number of aryl methyl sites for hydroxylation is 1. The van der Waals surface area contributed by atoms with Crippen molar-refractivity contribution in [2.24, 2.45) is 5.92 Å². The van der Waals surface area contributed by atoms with E-state index in [0.29, 0.717) is 22.7 Å². The Kier molecular flexibility index (Phi) is 3.16. The second-order valence-electron chi connectivity index (χ2n) is 5.59. The molecule has 0 N–H and O–H groups in total. The van der Waals surface area contributed by atoms with Gasteiger partial charge in [0.05, 0.1) is 11.6 Å². The second kappa shape index (κ2) is 4.85. The van der Waals surface area contributed by atoms with Crippen LogP contribution in [0.4, 0.5) is 4.39 Å². The van der Waals surface area contributed by atoms with Gasteiger partial charge in [-0.3, -0.25) is 9.48 Å². The Morgan fingerprint density at radius 3 is 2.85 bits per heavy atom. The molecule has 0 amide bonds. The van der Waals surface area contributed by atoms with Crippen LogP contribution in [0.3, 0.4) is 0 Å². The highest BCUT2D eigenvalue weighted by molar-refractivity contribution is 5.85. The fraction of sp³-hybridized carbons (Fsp3) is 0.375. The van der Waals surface area contributed by atoms with Gasteiger partial charge in [0.2, 0.25) is 0 Å². The number of hydrogen-bond donors (Lipinski definition) is 0. The lowest BCUT2D eigenvalue weighted by Crippen LogP contribution is -2.07. The van der Waals surface area contributed by atoms with Crippen LogP contribution in [0.25, 0.3) is 11.3 Å². The minimum atomic E-state index is -0.344. The highest BCUT2D eigenvalue weighted by atomic mass is 19.1. The van der Waals surface area contributed by atoms with Crippen LogP contribution in [0.15, 0.2) is 24.4 Å². The first kappa shape index (κ1) is 13.0. The molecule has 104 valence electrons. The summed E-state index contributed by atoms with van der Waals surface area (Å²) in [5.41, 5.74) is 2.23. The van der Waals surface area contributed by atoms with Crippen molar-refractivity contribution in [3.63, 3.8) is 0 Å². The fourth-order valence-corrected chi connectivity index (χ4v) is 2.53. The van der Waals surface area contributed by atoms with E-state index in [-0.39, 0.29) is 11.9 Å². The summed E-state index contributed by atoms with van der Waals surface area (Å²) >= 11 is 0. The Morgan fingerprint density at radius 2 is 2.20 bits per heavy atom. The molecule has 1 heterocycles. The number of carbonyl (C=O) groups is 1. The van der Waals surface area contributed by atoms with Crippen LogP contribution in [-0.4, -0.2) is 16.1 Å². The number of halogens is 1. The minimum Gasteiger partial charge on any atom is -0.298 e. The maximum atomic E-state index is 14.0. The molecule has 0 spiro atoms. The Hall–Kier alpha value is -1.97. The van der Waals surface area contributed by atoms with E-state index in [9.17, 15) is 9.18 Å². The van der Waals surface area contributed by atoms with Gasteiger partial charge >= 0.3 is 0 Å². The molecular weight excluding hydrogens is 255 g/mol. The second-order valence-corrected chi connectivity index (χ2v) is 5.59. The molecule has 1 saturated carbocycles. The normalized spacial score (nSPS) is 16.1. The van der Waals surface area contributed by atoms with Crippen LogP contribution in [0, 0.1) is 18.7 Å². The Balaban J connectivity index is 2.07. The smallest absolute Gasteiger partial charge is 0.153 e. The molecular formula is C16H17FN2O. The minimum absolute atomic E-state index is 0.260. The van der Waals surface area contributed by atoms with Crippen molar-refractivity contribution in [2.75, 3.05) is 0 Å². The Morgan fingerprint density at radius 1 is 1.45 bits per heavy atom. The molecule has 1 fully saturated rings. The zero-order chi connectivity index (χ0) is 14.3. The van der Waals surface area contributed by atoms with E-state index < -0.39 is 0 Å². The topological polar surface area (TPSA) is 34.9 Å². The summed E-state index contributed by atoms with van der Waals surface area (Å²) in [5.74, 6) is 0.285. The van der Waals surface area contributed by atoms with E-state index in [1.165, 1.54) is 18.9 Å². The van der Waals surface area contributed by atoms with Crippen LogP contribution in [-0.2, 0) is 0 Å². The fourth-order valence-electron chi connectivity index (χ4n) is 2.53. The molecule has 20 heavy (non-hydrogen) atoms. The summed E-state index contributed by atoms with van der Waals surface area (Å²) in [5, 5.41) is 4.46. The van der Waals surface area contributed by atoms with Gasteiger partial charge in [0.1, 0.15) is 11.5 Å². The first-order valence-corrected chi connectivity index (χ1v) is 6.91. The zero-order valence-electron chi connectivity index (χ0n) is 11.6. The van der Waals surface area contributed by atoms with Gasteiger partial charge in [-0.15, -0.1) is 0 Å². The lowest BCUT2D eigenvalue weighted by molar-refractivity contribution is 0.112. The molecule has 3 rings (SSSR count). The predicted octanol–water partition coefficient (Wildman–Crippen LogP) is 3.78. The van der Waals surface area contributed by atoms with Crippen LogP contribution >= 0.6 is 0 Å². The molecule has 4 heteroatoms. The SMILES string of the molecule is Cc1ccc(F)c(-c2nn(C(C)C3CC3)cc2C=O)c1. The van der Waals surface area contributed by atoms with Gasteiger partial charge in [-0.1, -0.05) is 11.6 Å². The first-order valence-electron chi connectivity index (χ1n) is 6.91. The van der Waals surface area contributed by atoms with Gasteiger partial charge in [-0.05, 0) is 44.7 Å². The highest BCUT2D eigenvalue weighted by Crippen LogP contribution is 2.39. The number of aldehydes is 1. The van der Waals surface area contributed by atoms with E-state index in [1.807, 2.05) is 6.92 Å². The van der Waals surface area contributed by atoms with E-state index in [1.54, 1.807) is 23.0 Å². The van der Waals surface area contributed by atoms with Crippen LogP contribution < -0.4 is 0 Å². The van der Waals surface area contributed by atoms with Gasteiger partial charge < -0.3 is 0 Å². The highest BCUT2D eigenvalue weighted by Gasteiger charge is 2.30. The van der Waals surface area contributed by atoms with Gasteiger partial charge in [-0.2, -0.15) is 5.10 Å². The third kappa shape index (κ3) is 2.26. The lowest BCUT2D eigenvalue weighted by atomic mass is 10.1. The maximum Gasteiger partial charge on any atom is 0.153 e. The van der Waals surface area contributed by atoms with Crippen molar-refractivity contribution in [1.82, 2.24) is 9.78 Å². The van der Waals surface area contributed by atoms with Gasteiger partial charge in [0.15, 0.2) is 6.29 Å². The molecule has 3 nitrogen and oxygen atoms in total. The monoisotopic (exact) mass is 272 g/mol. The Labute approximate surface area is 117 Å². The number of carbonyl (C=O) groups excluding carboxylic acids is 1. The van der Waals surface area contributed by atoms with Crippen LogP contribution in [0.2, 0.25) is 0 Å². The van der Waals surface area contributed by atoms with Gasteiger partial charge in [-0.25, -0.2) is 4.39 Å². The lowest BCUT2D eigenvalue weighted by Gasteiger charge is -2.10. The molecule has 0 aliphatic heterocycles. The van der Waals surface area contributed by atoms with Crippen molar-refractivity contribution in [3.05, 3.63) is 41.3 Å². The van der Waals surface area contributed by atoms with E-state index in [0.717, 1.165) is 11.8 Å². The standard InChI is InChI=1S/C16H17FN2O/c1-10-3-6-15(17)14(7-10)16-13(9-20)8-19(18-16)11(2)12-4-5-12/h3,6-9,11-12H,4-5H2,1-2H3. The molecule has 0 bridgehead atoms. The summed E-state index contributed by atoms with van der Waals surface area (Å²) in [7, 11) is 0. The first-order chi connectivity index (χ1) is 9.60. The number of benzene rings is 1. The summed E-state index contributed by atoms with van der Waals surface area (Å²) < 4.78 is 15.8. The third-order valence-corrected chi connectivity index (χ3v) is 3.99. The summed E-state index contributed by atoms with van der Waals surface area (Å²) in [6.45, 7) is 3.99. The van der Waals surface area contributed by atoms with Crippen molar-refractivity contribution < 1.29 is 9.18 Å². The van der Waals surface area contributed by atoms with E-state index >= 15 is 0 Å². The molecule has 1 aliphatic carbocycles. The number of rotatable bonds is 4. The molecule has 1 aliphatic rings. The van der Waals surface area contributed by atoms with Crippen LogP contribution in [0.5, 0.6) is 0 Å². The zero-order valence-corrected chi connectivity index (χ0v) is 11.6. The molecule has 2 aromatic rings. The molecule has 1 unspecified atom stereocenters. The molecule has 1 atom stereocenters. The number of nitrogens with zero attached hydrogens (tertiary/aromatic N) is 2. The van der Waals surface area contributed by atoms with Crippen molar-refractivity contribution in [1.29, 1.82) is 0 Å². The average molecular weight is 272 g/mol. The van der Waals surface area contributed by atoms with Crippen molar-refractivity contribution >= 4 is 6.29 Å². The number of hydrogen-bond acceptors (Lipinski definition) is 2. The van der Waals surface area contributed by atoms with Gasteiger partial charge in [0.25, 0.3) is 0 Å². The van der Waals surface area contributed by atoms with Crippen molar-refractivity contribution in [3.8, 4) is 11.3 Å².